The summed E-state index contributed by atoms with van der Waals surface area (Å²) >= 11 is 5.99. The SMILES string of the molecule is CCC(C)c1c(NC(=O)Nc2cnc(N3NC=CN3)c(C(F)(F)F)c2)cnn2cc(Cl)nc12. The van der Waals surface area contributed by atoms with Crippen molar-refractivity contribution in [1.82, 2.24) is 30.4 Å². The van der Waals surface area contributed by atoms with Crippen LogP contribution in [0.5, 0.6) is 0 Å². The maximum atomic E-state index is 13.6. The van der Waals surface area contributed by atoms with E-state index >= 15 is 0 Å². The van der Waals surface area contributed by atoms with Gasteiger partial charge in [-0.3, -0.25) is 10.9 Å². The van der Waals surface area contributed by atoms with Crippen LogP contribution >= 0.6 is 11.6 Å². The Morgan fingerprint density at radius 2 is 1.97 bits per heavy atom. The molecule has 10 nitrogen and oxygen atoms in total. The van der Waals surface area contributed by atoms with Crippen LogP contribution in [0.4, 0.5) is 35.2 Å². The fourth-order valence-electron chi connectivity index (χ4n) is 3.29. The molecule has 1 unspecified atom stereocenters. The quantitative estimate of drug-likeness (QED) is 0.431. The van der Waals surface area contributed by atoms with Crippen molar-refractivity contribution in [2.45, 2.75) is 32.4 Å². The van der Waals surface area contributed by atoms with Crippen molar-refractivity contribution in [1.29, 1.82) is 0 Å². The number of rotatable bonds is 5. The molecule has 33 heavy (non-hydrogen) atoms. The first kappa shape index (κ1) is 22.5. The van der Waals surface area contributed by atoms with Gasteiger partial charge in [0.1, 0.15) is 10.7 Å². The summed E-state index contributed by atoms with van der Waals surface area (Å²) in [5, 5.41) is 10.5. The third-order valence-corrected chi connectivity index (χ3v) is 5.17. The number of hydrogen-bond donors (Lipinski definition) is 4. The summed E-state index contributed by atoms with van der Waals surface area (Å²) in [6.45, 7) is 3.93. The molecule has 0 aliphatic carbocycles. The second-order valence-corrected chi connectivity index (χ2v) is 7.60. The molecule has 0 bridgehead atoms. The second-order valence-electron chi connectivity index (χ2n) is 7.21. The van der Waals surface area contributed by atoms with Crippen LogP contribution in [0.2, 0.25) is 5.15 Å². The molecule has 1 atom stereocenters. The van der Waals surface area contributed by atoms with Gasteiger partial charge in [0.05, 0.1) is 30.0 Å². The Morgan fingerprint density at radius 3 is 2.64 bits per heavy atom. The number of carbonyl (C=O) groups excluding carboxylic acids is 1. The highest BCUT2D eigenvalue weighted by Gasteiger charge is 2.37. The molecule has 14 heteroatoms. The van der Waals surface area contributed by atoms with Crippen molar-refractivity contribution in [3.05, 3.63) is 53.3 Å². The molecule has 0 saturated carbocycles. The Morgan fingerprint density at radius 1 is 1.24 bits per heavy atom. The van der Waals surface area contributed by atoms with Crippen molar-refractivity contribution in [2.24, 2.45) is 0 Å². The van der Waals surface area contributed by atoms with E-state index in [2.05, 4.69) is 36.6 Å². The summed E-state index contributed by atoms with van der Waals surface area (Å²) in [4.78, 5) is 20.7. The van der Waals surface area contributed by atoms with Gasteiger partial charge in [0.15, 0.2) is 11.5 Å². The van der Waals surface area contributed by atoms with Gasteiger partial charge in [-0.2, -0.15) is 23.4 Å². The van der Waals surface area contributed by atoms with Crippen LogP contribution in [-0.4, -0.2) is 25.6 Å². The molecule has 0 fully saturated rings. The third-order valence-electron chi connectivity index (χ3n) is 4.99. The van der Waals surface area contributed by atoms with Crippen LogP contribution in [0.1, 0.15) is 37.3 Å². The summed E-state index contributed by atoms with van der Waals surface area (Å²) in [6, 6.07) is 0.0414. The second kappa shape index (κ2) is 8.65. The number of imidazole rings is 1. The standard InChI is InChI=1S/C19H19ClF3N9O/c1-3-10(2)15-13(8-27-31-9-14(20)30-17(15)31)29-18(33)28-11-6-12(19(21,22)23)16(24-7-11)32-25-4-5-26-32/h4-10,25-26H,3H2,1-2H3,(H2,28,29,33). The van der Waals surface area contributed by atoms with Gasteiger partial charge in [-0.1, -0.05) is 25.4 Å². The zero-order valence-corrected chi connectivity index (χ0v) is 18.2. The molecule has 3 aromatic rings. The Labute approximate surface area is 190 Å². The highest BCUT2D eigenvalue weighted by Crippen LogP contribution is 2.36. The molecular weight excluding hydrogens is 463 g/mol. The van der Waals surface area contributed by atoms with Gasteiger partial charge in [0.2, 0.25) is 0 Å². The largest absolute Gasteiger partial charge is 0.420 e. The van der Waals surface area contributed by atoms with E-state index in [-0.39, 0.29) is 16.8 Å². The lowest BCUT2D eigenvalue weighted by Crippen LogP contribution is -2.40. The van der Waals surface area contributed by atoms with Crippen LogP contribution in [-0.2, 0) is 6.18 Å². The number of hydrogen-bond acceptors (Lipinski definition) is 7. The molecule has 3 aromatic heterocycles. The van der Waals surface area contributed by atoms with E-state index in [0.717, 1.165) is 23.8 Å². The number of halogens is 4. The minimum atomic E-state index is -4.71. The van der Waals surface area contributed by atoms with Crippen molar-refractivity contribution in [2.75, 3.05) is 15.8 Å². The van der Waals surface area contributed by atoms with E-state index in [4.69, 9.17) is 11.6 Å². The number of anilines is 3. The van der Waals surface area contributed by atoms with Crippen LogP contribution in [0.25, 0.3) is 5.65 Å². The maximum absolute atomic E-state index is 13.6. The zero-order chi connectivity index (χ0) is 23.8. The van der Waals surface area contributed by atoms with E-state index < -0.39 is 23.6 Å². The molecule has 174 valence electrons. The summed E-state index contributed by atoms with van der Waals surface area (Å²) in [7, 11) is 0. The van der Waals surface area contributed by atoms with E-state index in [1.54, 1.807) is 0 Å². The highest BCUT2D eigenvalue weighted by molar-refractivity contribution is 6.29. The third kappa shape index (κ3) is 4.58. The van der Waals surface area contributed by atoms with Crippen molar-refractivity contribution in [3.8, 4) is 0 Å². The minimum Gasteiger partial charge on any atom is -0.306 e. The molecule has 1 aliphatic heterocycles. The summed E-state index contributed by atoms with van der Waals surface area (Å²) < 4.78 is 42.3. The fraction of sp³-hybridized carbons (Fsp3) is 0.263. The molecule has 0 saturated heterocycles. The lowest BCUT2D eigenvalue weighted by molar-refractivity contribution is -0.137. The fourth-order valence-corrected chi connectivity index (χ4v) is 3.47. The smallest absolute Gasteiger partial charge is 0.306 e. The van der Waals surface area contributed by atoms with Crippen LogP contribution in [0.15, 0.2) is 37.1 Å². The molecule has 0 radical (unpaired) electrons. The molecule has 4 heterocycles. The van der Waals surface area contributed by atoms with Crippen LogP contribution in [0, 0.1) is 0 Å². The highest BCUT2D eigenvalue weighted by atomic mass is 35.5. The summed E-state index contributed by atoms with van der Waals surface area (Å²) in [5.41, 5.74) is 5.52. The maximum Gasteiger partial charge on any atom is 0.420 e. The molecular formula is C19H19ClF3N9O. The summed E-state index contributed by atoms with van der Waals surface area (Å²) in [6.07, 6.45) is 2.96. The van der Waals surface area contributed by atoms with Gasteiger partial charge >= 0.3 is 12.2 Å². The van der Waals surface area contributed by atoms with Gasteiger partial charge in [-0.05, 0) is 18.4 Å². The predicted molar refractivity (Wildman–Crippen MR) is 116 cm³/mol. The number of alkyl halides is 3. The molecule has 0 spiro atoms. The number of hydrazine groups is 2. The Kier molecular flexibility index (Phi) is 5.89. The van der Waals surface area contributed by atoms with Gasteiger partial charge in [-0.15, -0.1) is 0 Å². The van der Waals surface area contributed by atoms with Crippen molar-refractivity contribution < 1.29 is 18.0 Å². The van der Waals surface area contributed by atoms with Crippen molar-refractivity contribution in [3.63, 3.8) is 0 Å². The number of nitrogens with one attached hydrogen (secondary N) is 4. The molecule has 4 rings (SSSR count). The monoisotopic (exact) mass is 481 g/mol. The number of carbonyl (C=O) groups is 1. The lowest BCUT2D eigenvalue weighted by atomic mass is 9.98. The summed E-state index contributed by atoms with van der Waals surface area (Å²) in [5.74, 6) is -0.403. The topological polar surface area (TPSA) is 112 Å². The number of nitrogens with zero attached hydrogens (tertiary/aromatic N) is 5. The first-order valence-corrected chi connectivity index (χ1v) is 10.2. The minimum absolute atomic E-state index is 0.00359. The van der Waals surface area contributed by atoms with E-state index in [9.17, 15) is 18.0 Å². The number of amides is 2. The Hall–Kier alpha value is -3.74. The van der Waals surface area contributed by atoms with Crippen LogP contribution < -0.4 is 26.6 Å². The zero-order valence-electron chi connectivity index (χ0n) is 17.4. The number of pyridine rings is 1. The molecule has 0 aromatic carbocycles. The first-order valence-electron chi connectivity index (χ1n) is 9.84. The normalized spacial score (nSPS) is 14.2. The number of fused-ring (bicyclic) bond motifs is 1. The van der Waals surface area contributed by atoms with Gasteiger partial charge in [0.25, 0.3) is 0 Å². The van der Waals surface area contributed by atoms with Gasteiger partial charge in [-0.25, -0.2) is 19.3 Å². The number of urea groups is 1. The van der Waals surface area contributed by atoms with E-state index in [1.165, 1.54) is 29.3 Å². The lowest BCUT2D eigenvalue weighted by Gasteiger charge is -2.22. The Bertz CT molecular complexity index is 1220. The van der Waals surface area contributed by atoms with Gasteiger partial charge in [0, 0.05) is 18.0 Å². The first-order chi connectivity index (χ1) is 15.7. The number of aromatic nitrogens is 4. The molecule has 1 aliphatic rings. The van der Waals surface area contributed by atoms with E-state index in [0.29, 0.717) is 16.9 Å². The van der Waals surface area contributed by atoms with Gasteiger partial charge < -0.3 is 10.6 Å². The Balaban J connectivity index is 1.60. The molecule has 4 N–H and O–H groups in total. The van der Waals surface area contributed by atoms with Crippen LogP contribution in [0.3, 0.4) is 0 Å². The van der Waals surface area contributed by atoms with E-state index in [1.807, 2.05) is 13.8 Å². The average molecular weight is 482 g/mol. The average Bonchev–Trinajstić information content (AvgIpc) is 3.41. The van der Waals surface area contributed by atoms with Crippen molar-refractivity contribution >= 4 is 40.5 Å². The molecule has 2 amide bonds. The predicted octanol–water partition coefficient (Wildman–Crippen LogP) is 4.25.